The normalized spacial score (nSPS) is 20.9. The van der Waals surface area contributed by atoms with Gasteiger partial charge in [-0.05, 0) is 19.8 Å². The molecule has 19 heavy (non-hydrogen) atoms. The molecule has 1 saturated heterocycles. The highest BCUT2D eigenvalue weighted by atomic mass is 32.2. The second kappa shape index (κ2) is 7.18. The molecule has 112 valence electrons. The number of aliphatic hydroxyl groups excluding tert-OH is 1. The Morgan fingerprint density at radius 2 is 2.16 bits per heavy atom. The van der Waals surface area contributed by atoms with Crippen molar-refractivity contribution < 1.29 is 23.1 Å². The zero-order valence-electron chi connectivity index (χ0n) is 11.4. The first-order valence-electron chi connectivity index (χ1n) is 6.53. The predicted octanol–water partition coefficient (Wildman–Crippen LogP) is -0.427. The number of carbonyl (C=O) groups excluding carboxylic acids is 1. The number of likely N-dealkylation sites (N-methyl/N-ethyl adjacent to an activating group) is 1. The van der Waals surface area contributed by atoms with Gasteiger partial charge in [-0.1, -0.05) is 6.92 Å². The maximum atomic E-state index is 12.4. The van der Waals surface area contributed by atoms with E-state index in [0.29, 0.717) is 19.4 Å². The summed E-state index contributed by atoms with van der Waals surface area (Å²) in [6.45, 7) is 3.98. The van der Waals surface area contributed by atoms with Gasteiger partial charge in [0.25, 0.3) is 10.2 Å². The molecule has 0 amide bonds. The second-order valence-electron chi connectivity index (χ2n) is 4.24. The molecule has 0 radical (unpaired) electrons. The molecule has 0 aromatic heterocycles. The number of hydrogen-bond donors (Lipinski definition) is 1. The first kappa shape index (κ1) is 16.4. The van der Waals surface area contributed by atoms with Crippen LogP contribution in [0.25, 0.3) is 0 Å². The number of aliphatic hydroxyl groups is 1. The monoisotopic (exact) mass is 294 g/mol. The quantitative estimate of drug-likeness (QED) is 0.644. The van der Waals surface area contributed by atoms with Gasteiger partial charge < -0.3 is 9.84 Å². The Morgan fingerprint density at radius 3 is 2.68 bits per heavy atom. The van der Waals surface area contributed by atoms with Crippen molar-refractivity contribution in [2.45, 2.75) is 32.7 Å². The van der Waals surface area contributed by atoms with Crippen molar-refractivity contribution in [3.8, 4) is 0 Å². The van der Waals surface area contributed by atoms with Crippen molar-refractivity contribution in [1.82, 2.24) is 8.61 Å². The van der Waals surface area contributed by atoms with Gasteiger partial charge in [0.2, 0.25) is 0 Å². The smallest absolute Gasteiger partial charge is 0.324 e. The Morgan fingerprint density at radius 1 is 1.47 bits per heavy atom. The van der Waals surface area contributed by atoms with Gasteiger partial charge in [-0.3, -0.25) is 4.79 Å². The van der Waals surface area contributed by atoms with Crippen LogP contribution in [-0.2, 0) is 19.7 Å². The summed E-state index contributed by atoms with van der Waals surface area (Å²) in [4.78, 5) is 11.8. The second-order valence-corrected chi connectivity index (χ2v) is 6.12. The molecular weight excluding hydrogens is 272 g/mol. The molecular formula is C11H22N2O5S. The Bertz CT molecular complexity index is 398. The summed E-state index contributed by atoms with van der Waals surface area (Å²) in [7, 11) is -3.72. The van der Waals surface area contributed by atoms with E-state index in [9.17, 15) is 13.2 Å². The predicted molar refractivity (Wildman–Crippen MR) is 69.6 cm³/mol. The van der Waals surface area contributed by atoms with E-state index in [-0.39, 0.29) is 26.3 Å². The standard InChI is InChI=1S/C11H22N2O5S/c1-3-12(8-9-14)19(16,17)13-7-5-6-10(13)11(15)18-4-2/h10,14H,3-9H2,1-2H3. The number of hydrogen-bond acceptors (Lipinski definition) is 5. The third kappa shape index (κ3) is 3.65. The number of carbonyl (C=O) groups is 1. The van der Waals surface area contributed by atoms with Crippen LogP contribution in [0.3, 0.4) is 0 Å². The summed E-state index contributed by atoms with van der Waals surface area (Å²) in [5.41, 5.74) is 0. The van der Waals surface area contributed by atoms with Crippen LogP contribution >= 0.6 is 0 Å². The molecule has 1 atom stereocenters. The SMILES string of the molecule is CCOC(=O)C1CCCN1S(=O)(=O)N(CC)CCO. The van der Waals surface area contributed by atoms with E-state index in [2.05, 4.69) is 0 Å². The van der Waals surface area contributed by atoms with E-state index in [1.54, 1.807) is 13.8 Å². The molecule has 0 aromatic carbocycles. The Kier molecular flexibility index (Phi) is 6.18. The summed E-state index contributed by atoms with van der Waals surface area (Å²) in [5, 5.41) is 8.92. The minimum atomic E-state index is -3.72. The molecule has 1 N–H and O–H groups in total. The first-order valence-corrected chi connectivity index (χ1v) is 7.93. The van der Waals surface area contributed by atoms with E-state index in [4.69, 9.17) is 9.84 Å². The summed E-state index contributed by atoms with van der Waals surface area (Å²) in [6, 6.07) is -0.738. The number of ether oxygens (including phenoxy) is 1. The molecule has 0 spiro atoms. The van der Waals surface area contributed by atoms with Crippen molar-refractivity contribution >= 4 is 16.2 Å². The molecule has 0 aromatic rings. The van der Waals surface area contributed by atoms with Gasteiger partial charge in [-0.25, -0.2) is 0 Å². The lowest BCUT2D eigenvalue weighted by Gasteiger charge is -2.28. The van der Waals surface area contributed by atoms with Crippen LogP contribution in [0.5, 0.6) is 0 Å². The van der Waals surface area contributed by atoms with E-state index in [0.717, 1.165) is 0 Å². The van der Waals surface area contributed by atoms with E-state index in [1.165, 1.54) is 8.61 Å². The minimum Gasteiger partial charge on any atom is -0.465 e. The number of rotatable bonds is 7. The summed E-state index contributed by atoms with van der Waals surface area (Å²) in [5.74, 6) is -0.497. The van der Waals surface area contributed by atoms with Gasteiger partial charge in [0.05, 0.1) is 13.2 Å². The van der Waals surface area contributed by atoms with Crippen LogP contribution < -0.4 is 0 Å². The third-order valence-electron chi connectivity index (χ3n) is 3.09. The number of nitrogens with zero attached hydrogens (tertiary/aromatic N) is 2. The molecule has 1 rings (SSSR count). The summed E-state index contributed by atoms with van der Waals surface area (Å²) in [6.07, 6.45) is 1.12. The van der Waals surface area contributed by atoms with Crippen molar-refractivity contribution in [2.75, 3.05) is 32.8 Å². The van der Waals surface area contributed by atoms with E-state index >= 15 is 0 Å². The van der Waals surface area contributed by atoms with Gasteiger partial charge in [0.1, 0.15) is 6.04 Å². The van der Waals surface area contributed by atoms with Crippen LogP contribution in [0.1, 0.15) is 26.7 Å². The van der Waals surface area contributed by atoms with Gasteiger partial charge in [0.15, 0.2) is 0 Å². The third-order valence-corrected chi connectivity index (χ3v) is 5.21. The van der Waals surface area contributed by atoms with Crippen molar-refractivity contribution in [3.05, 3.63) is 0 Å². The molecule has 0 aliphatic carbocycles. The molecule has 0 saturated carbocycles. The molecule has 0 bridgehead atoms. The highest BCUT2D eigenvalue weighted by Crippen LogP contribution is 2.24. The molecule has 1 heterocycles. The fourth-order valence-corrected chi connectivity index (χ4v) is 3.99. The molecule has 1 aliphatic heterocycles. The van der Waals surface area contributed by atoms with Crippen molar-refractivity contribution in [3.63, 3.8) is 0 Å². The highest BCUT2D eigenvalue weighted by Gasteiger charge is 2.41. The van der Waals surface area contributed by atoms with Gasteiger partial charge in [-0.2, -0.15) is 17.0 Å². The fraction of sp³-hybridized carbons (Fsp3) is 0.909. The lowest BCUT2D eigenvalue weighted by molar-refractivity contribution is -0.146. The van der Waals surface area contributed by atoms with Crippen LogP contribution in [0.2, 0.25) is 0 Å². The first-order chi connectivity index (χ1) is 8.98. The Hall–Kier alpha value is -0.700. The fourth-order valence-electron chi connectivity index (χ4n) is 2.19. The van der Waals surface area contributed by atoms with Crippen LogP contribution in [0.15, 0.2) is 0 Å². The zero-order valence-corrected chi connectivity index (χ0v) is 12.2. The Balaban J connectivity index is 2.89. The van der Waals surface area contributed by atoms with Gasteiger partial charge >= 0.3 is 5.97 Å². The van der Waals surface area contributed by atoms with E-state index in [1.807, 2.05) is 0 Å². The molecule has 1 unspecified atom stereocenters. The lowest BCUT2D eigenvalue weighted by atomic mass is 10.2. The molecule has 1 fully saturated rings. The van der Waals surface area contributed by atoms with Crippen LogP contribution in [0.4, 0.5) is 0 Å². The molecule has 7 nitrogen and oxygen atoms in total. The molecule has 1 aliphatic rings. The maximum absolute atomic E-state index is 12.4. The largest absolute Gasteiger partial charge is 0.465 e. The topological polar surface area (TPSA) is 87.2 Å². The zero-order chi connectivity index (χ0) is 14.5. The lowest BCUT2D eigenvalue weighted by Crippen LogP contribution is -2.49. The van der Waals surface area contributed by atoms with Crippen molar-refractivity contribution in [1.29, 1.82) is 0 Å². The average molecular weight is 294 g/mol. The van der Waals surface area contributed by atoms with Crippen LogP contribution in [0, 0.1) is 0 Å². The maximum Gasteiger partial charge on any atom is 0.324 e. The molecule has 8 heteroatoms. The van der Waals surface area contributed by atoms with Gasteiger partial charge in [0, 0.05) is 19.6 Å². The van der Waals surface area contributed by atoms with Gasteiger partial charge in [-0.15, -0.1) is 0 Å². The summed E-state index contributed by atoms with van der Waals surface area (Å²) >= 11 is 0. The van der Waals surface area contributed by atoms with Crippen molar-refractivity contribution in [2.24, 2.45) is 0 Å². The van der Waals surface area contributed by atoms with Crippen LogP contribution in [-0.4, -0.2) is 67.0 Å². The highest BCUT2D eigenvalue weighted by molar-refractivity contribution is 7.86. The van der Waals surface area contributed by atoms with E-state index < -0.39 is 22.2 Å². The Labute approximate surface area is 114 Å². The summed E-state index contributed by atoms with van der Waals surface area (Å²) < 4.78 is 32.1. The average Bonchev–Trinajstić information content (AvgIpc) is 2.85. The number of esters is 1. The minimum absolute atomic E-state index is 0.0326.